The second-order valence-electron chi connectivity index (χ2n) is 4.59. The molecule has 2 heterocycles. The number of nitrogens with zero attached hydrogens (tertiary/aromatic N) is 3. The molecule has 0 fully saturated rings. The number of benzene rings is 1. The molecular weight excluding hydrogens is 290 g/mol. The summed E-state index contributed by atoms with van der Waals surface area (Å²) in [7, 11) is 1.62. The van der Waals surface area contributed by atoms with Crippen LogP contribution in [0.1, 0.15) is 20.4 Å². The lowest BCUT2D eigenvalue weighted by atomic mass is 10.2. The third kappa shape index (κ3) is 2.59. The molecule has 0 saturated carbocycles. The molecular formula is C14H13N3O3S. The highest BCUT2D eigenvalue weighted by molar-refractivity contribution is 7.11. The molecule has 0 amide bonds. The largest absolute Gasteiger partial charge is 0.488 e. The number of ether oxygens (including phenoxy) is 1. The van der Waals surface area contributed by atoms with Crippen LogP contribution in [0, 0.1) is 6.92 Å². The molecule has 1 aromatic carbocycles. The first-order valence-corrected chi connectivity index (χ1v) is 7.10. The van der Waals surface area contributed by atoms with Crippen molar-refractivity contribution >= 4 is 28.2 Å². The number of hydrogen-bond donors (Lipinski definition) is 1. The van der Waals surface area contributed by atoms with Crippen molar-refractivity contribution in [1.82, 2.24) is 14.8 Å². The Hall–Kier alpha value is -2.41. The highest BCUT2D eigenvalue weighted by Gasteiger charge is 2.16. The molecule has 0 aliphatic heterocycles. The molecule has 6 nitrogen and oxygen atoms in total. The van der Waals surface area contributed by atoms with Gasteiger partial charge in [0.2, 0.25) is 0 Å². The summed E-state index contributed by atoms with van der Waals surface area (Å²) < 4.78 is 7.06. The zero-order valence-corrected chi connectivity index (χ0v) is 12.3. The molecule has 0 spiro atoms. The van der Waals surface area contributed by atoms with Crippen LogP contribution in [0.3, 0.4) is 0 Å². The first kappa shape index (κ1) is 13.6. The van der Waals surface area contributed by atoms with Crippen molar-refractivity contribution in [3.05, 3.63) is 40.0 Å². The van der Waals surface area contributed by atoms with Gasteiger partial charge >= 0.3 is 5.97 Å². The molecule has 0 aliphatic carbocycles. The van der Waals surface area contributed by atoms with Gasteiger partial charge in [-0.1, -0.05) is 0 Å². The Morgan fingerprint density at radius 3 is 2.95 bits per heavy atom. The number of carboxylic acid groups (broad SMARTS) is 1. The van der Waals surface area contributed by atoms with E-state index in [1.165, 1.54) is 4.68 Å². The van der Waals surface area contributed by atoms with Crippen LogP contribution in [-0.4, -0.2) is 25.8 Å². The average molecular weight is 303 g/mol. The predicted octanol–water partition coefficient (Wildman–Crippen LogP) is 2.62. The van der Waals surface area contributed by atoms with Crippen molar-refractivity contribution in [2.75, 3.05) is 0 Å². The summed E-state index contributed by atoms with van der Waals surface area (Å²) in [5.74, 6) is -0.390. The summed E-state index contributed by atoms with van der Waals surface area (Å²) in [5, 5.41) is 15.0. The van der Waals surface area contributed by atoms with Gasteiger partial charge < -0.3 is 9.84 Å². The average Bonchev–Trinajstić information content (AvgIpc) is 2.98. The zero-order chi connectivity index (χ0) is 15.0. The molecule has 3 aromatic rings. The van der Waals surface area contributed by atoms with Crippen molar-refractivity contribution in [3.8, 4) is 5.75 Å². The minimum absolute atomic E-state index is 0.157. The van der Waals surface area contributed by atoms with Crippen LogP contribution in [-0.2, 0) is 13.7 Å². The quantitative estimate of drug-likeness (QED) is 0.801. The van der Waals surface area contributed by atoms with Gasteiger partial charge in [-0.25, -0.2) is 9.78 Å². The third-order valence-corrected chi connectivity index (χ3v) is 3.94. The number of carbonyl (C=O) groups is 1. The Kier molecular flexibility index (Phi) is 3.34. The molecule has 0 radical (unpaired) electrons. The normalized spacial score (nSPS) is 11.0. The van der Waals surface area contributed by atoms with Crippen molar-refractivity contribution in [3.63, 3.8) is 0 Å². The SMILES string of the molecule is Cc1ncc(COc2ccc3nn(C)c(C(=O)O)c3c2)s1. The fourth-order valence-electron chi connectivity index (χ4n) is 2.15. The molecule has 0 unspecified atom stereocenters. The molecule has 0 atom stereocenters. The number of carboxylic acids is 1. The number of fused-ring (bicyclic) bond motifs is 1. The fourth-order valence-corrected chi connectivity index (χ4v) is 2.86. The van der Waals surface area contributed by atoms with Gasteiger partial charge in [0, 0.05) is 18.6 Å². The van der Waals surface area contributed by atoms with E-state index in [2.05, 4.69) is 10.1 Å². The second-order valence-corrected chi connectivity index (χ2v) is 5.91. The number of aromatic carboxylic acids is 1. The summed E-state index contributed by atoms with van der Waals surface area (Å²) in [5.41, 5.74) is 0.792. The molecule has 21 heavy (non-hydrogen) atoms. The molecule has 3 rings (SSSR count). The number of thiazole rings is 1. The summed E-state index contributed by atoms with van der Waals surface area (Å²) in [6.07, 6.45) is 1.78. The van der Waals surface area contributed by atoms with E-state index in [0.29, 0.717) is 23.3 Å². The Morgan fingerprint density at radius 2 is 2.29 bits per heavy atom. The second kappa shape index (κ2) is 5.17. The number of aromatic nitrogens is 3. The van der Waals surface area contributed by atoms with Crippen LogP contribution in [0.4, 0.5) is 0 Å². The summed E-state index contributed by atoms with van der Waals surface area (Å²) >= 11 is 1.58. The van der Waals surface area contributed by atoms with Crippen molar-refractivity contribution in [2.24, 2.45) is 7.05 Å². The zero-order valence-electron chi connectivity index (χ0n) is 11.5. The molecule has 1 N–H and O–H groups in total. The van der Waals surface area contributed by atoms with Crippen LogP contribution < -0.4 is 4.74 Å². The number of hydrogen-bond acceptors (Lipinski definition) is 5. The molecule has 2 aromatic heterocycles. The van der Waals surface area contributed by atoms with Gasteiger partial charge in [0.05, 0.1) is 15.4 Å². The summed E-state index contributed by atoms with van der Waals surface area (Å²) in [6.45, 7) is 2.36. The lowest BCUT2D eigenvalue weighted by Gasteiger charge is -2.04. The fraction of sp³-hybridized carbons (Fsp3) is 0.214. The van der Waals surface area contributed by atoms with Crippen LogP contribution in [0.5, 0.6) is 5.75 Å². The van der Waals surface area contributed by atoms with E-state index in [-0.39, 0.29) is 5.69 Å². The van der Waals surface area contributed by atoms with Gasteiger partial charge in [-0.3, -0.25) is 4.68 Å². The van der Waals surface area contributed by atoms with E-state index < -0.39 is 5.97 Å². The van der Waals surface area contributed by atoms with E-state index in [4.69, 9.17) is 4.74 Å². The molecule has 108 valence electrons. The maximum Gasteiger partial charge on any atom is 0.354 e. The maximum absolute atomic E-state index is 11.3. The first-order chi connectivity index (χ1) is 10.0. The Balaban J connectivity index is 1.89. The summed E-state index contributed by atoms with van der Waals surface area (Å²) in [4.78, 5) is 16.5. The van der Waals surface area contributed by atoms with E-state index in [1.54, 1.807) is 42.8 Å². The van der Waals surface area contributed by atoms with Crippen molar-refractivity contribution < 1.29 is 14.6 Å². The van der Waals surface area contributed by atoms with Crippen LogP contribution >= 0.6 is 11.3 Å². The molecule has 0 bridgehead atoms. The number of rotatable bonds is 4. The first-order valence-electron chi connectivity index (χ1n) is 6.29. The smallest absolute Gasteiger partial charge is 0.354 e. The van der Waals surface area contributed by atoms with Crippen molar-refractivity contribution in [2.45, 2.75) is 13.5 Å². The summed E-state index contributed by atoms with van der Waals surface area (Å²) in [6, 6.07) is 5.25. The van der Waals surface area contributed by atoms with E-state index in [0.717, 1.165) is 9.88 Å². The molecule has 0 saturated heterocycles. The number of aryl methyl sites for hydroxylation is 2. The van der Waals surface area contributed by atoms with E-state index in [1.807, 2.05) is 6.92 Å². The van der Waals surface area contributed by atoms with E-state index >= 15 is 0 Å². The van der Waals surface area contributed by atoms with Crippen LogP contribution in [0.25, 0.3) is 10.9 Å². The topological polar surface area (TPSA) is 77.2 Å². The van der Waals surface area contributed by atoms with Gasteiger partial charge in [0.1, 0.15) is 12.4 Å². The minimum Gasteiger partial charge on any atom is -0.488 e. The van der Waals surface area contributed by atoms with Crippen LogP contribution in [0.15, 0.2) is 24.4 Å². The highest BCUT2D eigenvalue weighted by atomic mass is 32.1. The van der Waals surface area contributed by atoms with Crippen LogP contribution in [0.2, 0.25) is 0 Å². The Labute approximate surface area is 124 Å². The van der Waals surface area contributed by atoms with Gasteiger partial charge in [-0.05, 0) is 25.1 Å². The van der Waals surface area contributed by atoms with Crippen molar-refractivity contribution in [1.29, 1.82) is 0 Å². The van der Waals surface area contributed by atoms with E-state index in [9.17, 15) is 9.90 Å². The van der Waals surface area contributed by atoms with Gasteiger partial charge in [0.25, 0.3) is 0 Å². The standard InChI is InChI=1S/C14H13N3O3S/c1-8-15-6-10(21-8)7-20-9-3-4-12-11(5-9)13(14(18)19)17(2)16-12/h3-6H,7H2,1-2H3,(H,18,19). The Bertz CT molecular complexity index is 822. The maximum atomic E-state index is 11.3. The molecule has 7 heteroatoms. The Morgan fingerprint density at radius 1 is 1.48 bits per heavy atom. The van der Waals surface area contributed by atoms with Gasteiger partial charge in [-0.15, -0.1) is 11.3 Å². The lowest BCUT2D eigenvalue weighted by Crippen LogP contribution is -2.05. The third-order valence-electron chi connectivity index (χ3n) is 3.06. The monoisotopic (exact) mass is 303 g/mol. The predicted molar refractivity (Wildman–Crippen MR) is 78.9 cm³/mol. The minimum atomic E-state index is -1.00. The van der Waals surface area contributed by atoms with Gasteiger partial charge in [-0.2, -0.15) is 5.10 Å². The molecule has 0 aliphatic rings. The van der Waals surface area contributed by atoms with Gasteiger partial charge in [0.15, 0.2) is 5.69 Å². The lowest BCUT2D eigenvalue weighted by molar-refractivity contribution is 0.0687. The highest BCUT2D eigenvalue weighted by Crippen LogP contribution is 2.24.